The quantitative estimate of drug-likeness (QED) is 0.886. The lowest BCUT2D eigenvalue weighted by molar-refractivity contribution is 0.0700. The Labute approximate surface area is 109 Å². The summed E-state index contributed by atoms with van der Waals surface area (Å²) in [7, 11) is 0. The van der Waals surface area contributed by atoms with Gasteiger partial charge in [-0.1, -0.05) is 6.92 Å². The fourth-order valence-corrected chi connectivity index (χ4v) is 2.48. The minimum absolute atomic E-state index is 0.154. The molecule has 1 aromatic carbocycles. The molecule has 2 rings (SSSR count). The van der Waals surface area contributed by atoms with Gasteiger partial charge in [0.15, 0.2) is 0 Å². The summed E-state index contributed by atoms with van der Waals surface area (Å²) in [5, 5.41) is 3.32. The maximum Gasteiger partial charge on any atom is 0.254 e. The van der Waals surface area contributed by atoms with Crippen molar-refractivity contribution in [3.8, 4) is 0 Å². The van der Waals surface area contributed by atoms with Gasteiger partial charge < -0.3 is 10.2 Å². The molecule has 1 aliphatic rings. The second-order valence-electron chi connectivity index (χ2n) is 4.90. The van der Waals surface area contributed by atoms with Gasteiger partial charge in [0, 0.05) is 30.4 Å². The van der Waals surface area contributed by atoms with Crippen molar-refractivity contribution in [2.75, 3.05) is 18.4 Å². The molecule has 0 saturated carbocycles. The third kappa shape index (κ3) is 2.35. The molecule has 0 unspecified atom stereocenters. The average Bonchev–Trinajstić information content (AvgIpc) is 2.86. The van der Waals surface area contributed by atoms with E-state index in [1.807, 2.05) is 30.0 Å². The highest BCUT2D eigenvalue weighted by molar-refractivity contribution is 5.95. The molecule has 98 valence electrons. The molecule has 1 atom stereocenters. The monoisotopic (exact) mass is 246 g/mol. The third-order valence-electron chi connectivity index (χ3n) is 3.79. The van der Waals surface area contributed by atoms with Crippen LogP contribution in [0.1, 0.15) is 43.1 Å². The van der Waals surface area contributed by atoms with Crippen LogP contribution in [0.4, 0.5) is 5.69 Å². The summed E-state index contributed by atoms with van der Waals surface area (Å²) in [5.41, 5.74) is 3.26. The third-order valence-corrected chi connectivity index (χ3v) is 3.79. The van der Waals surface area contributed by atoms with E-state index in [9.17, 15) is 4.79 Å². The molecular weight excluding hydrogens is 224 g/mol. The van der Waals surface area contributed by atoms with Crippen LogP contribution in [-0.4, -0.2) is 29.9 Å². The van der Waals surface area contributed by atoms with Crippen LogP contribution < -0.4 is 5.32 Å². The van der Waals surface area contributed by atoms with E-state index in [4.69, 9.17) is 0 Å². The van der Waals surface area contributed by atoms with Crippen LogP contribution in [0.2, 0.25) is 0 Å². The van der Waals surface area contributed by atoms with E-state index in [0.717, 1.165) is 31.5 Å². The van der Waals surface area contributed by atoms with Gasteiger partial charge in [-0.2, -0.15) is 0 Å². The molecule has 18 heavy (non-hydrogen) atoms. The van der Waals surface area contributed by atoms with E-state index in [0.29, 0.717) is 6.04 Å². The fraction of sp³-hybridized carbons (Fsp3) is 0.533. The summed E-state index contributed by atoms with van der Waals surface area (Å²) < 4.78 is 0. The van der Waals surface area contributed by atoms with E-state index < -0.39 is 0 Å². The van der Waals surface area contributed by atoms with Gasteiger partial charge in [-0.3, -0.25) is 4.79 Å². The van der Waals surface area contributed by atoms with Gasteiger partial charge in [-0.15, -0.1) is 0 Å². The van der Waals surface area contributed by atoms with E-state index in [-0.39, 0.29) is 5.91 Å². The SMILES string of the molecule is CC[C@H](C)N(CC)C(=O)c1ccc2c(c1)CCN2. The van der Waals surface area contributed by atoms with Crippen molar-refractivity contribution in [3.05, 3.63) is 29.3 Å². The number of carbonyl (C=O) groups is 1. The molecule has 0 aliphatic carbocycles. The second kappa shape index (κ2) is 5.42. The van der Waals surface area contributed by atoms with Gasteiger partial charge >= 0.3 is 0 Å². The predicted octanol–water partition coefficient (Wildman–Crippen LogP) is 2.92. The minimum Gasteiger partial charge on any atom is -0.384 e. The highest BCUT2D eigenvalue weighted by atomic mass is 16.2. The zero-order valence-electron chi connectivity index (χ0n) is 11.5. The number of hydrogen-bond acceptors (Lipinski definition) is 2. The first-order valence-electron chi connectivity index (χ1n) is 6.85. The van der Waals surface area contributed by atoms with Crippen molar-refractivity contribution in [2.45, 2.75) is 39.7 Å². The highest BCUT2D eigenvalue weighted by Gasteiger charge is 2.20. The molecule has 0 radical (unpaired) electrons. The van der Waals surface area contributed by atoms with Crippen molar-refractivity contribution in [1.29, 1.82) is 0 Å². The van der Waals surface area contributed by atoms with Gasteiger partial charge in [-0.05, 0) is 50.5 Å². The van der Waals surface area contributed by atoms with Gasteiger partial charge in [0.05, 0.1) is 0 Å². The average molecular weight is 246 g/mol. The number of amides is 1. The molecule has 1 N–H and O–H groups in total. The van der Waals surface area contributed by atoms with E-state index in [2.05, 4.69) is 19.2 Å². The van der Waals surface area contributed by atoms with Crippen LogP contribution in [0.5, 0.6) is 0 Å². The topological polar surface area (TPSA) is 32.3 Å². The summed E-state index contributed by atoms with van der Waals surface area (Å²) in [5.74, 6) is 0.154. The first-order chi connectivity index (χ1) is 8.67. The van der Waals surface area contributed by atoms with Crippen LogP contribution in [0.25, 0.3) is 0 Å². The Kier molecular flexibility index (Phi) is 3.90. The molecule has 0 saturated heterocycles. The summed E-state index contributed by atoms with van der Waals surface area (Å²) in [6.07, 6.45) is 2.01. The summed E-state index contributed by atoms with van der Waals surface area (Å²) in [6, 6.07) is 6.31. The number of benzene rings is 1. The zero-order chi connectivity index (χ0) is 13.1. The number of anilines is 1. The Morgan fingerprint density at radius 2 is 2.22 bits per heavy atom. The maximum atomic E-state index is 12.5. The number of rotatable bonds is 4. The fourth-order valence-electron chi connectivity index (χ4n) is 2.48. The first kappa shape index (κ1) is 12.9. The number of carbonyl (C=O) groups excluding carboxylic acids is 1. The van der Waals surface area contributed by atoms with Gasteiger partial charge in [-0.25, -0.2) is 0 Å². The Bertz CT molecular complexity index is 442. The number of nitrogens with zero attached hydrogens (tertiary/aromatic N) is 1. The van der Waals surface area contributed by atoms with Crippen LogP contribution in [0, 0.1) is 0 Å². The van der Waals surface area contributed by atoms with Gasteiger partial charge in [0.1, 0.15) is 0 Å². The van der Waals surface area contributed by atoms with Gasteiger partial charge in [0.25, 0.3) is 5.91 Å². The number of hydrogen-bond donors (Lipinski definition) is 1. The van der Waals surface area contributed by atoms with Gasteiger partial charge in [0.2, 0.25) is 0 Å². The number of fused-ring (bicyclic) bond motifs is 1. The molecule has 0 spiro atoms. The Hall–Kier alpha value is -1.51. The molecule has 0 bridgehead atoms. The summed E-state index contributed by atoms with van der Waals surface area (Å²) in [4.78, 5) is 14.4. The number of nitrogens with one attached hydrogen (secondary N) is 1. The molecule has 0 fully saturated rings. The smallest absolute Gasteiger partial charge is 0.254 e. The normalized spacial score (nSPS) is 14.8. The zero-order valence-corrected chi connectivity index (χ0v) is 11.5. The molecule has 1 aliphatic heterocycles. The van der Waals surface area contributed by atoms with Crippen molar-refractivity contribution < 1.29 is 4.79 Å². The Morgan fingerprint density at radius 1 is 1.44 bits per heavy atom. The van der Waals surface area contributed by atoms with E-state index >= 15 is 0 Å². The first-order valence-corrected chi connectivity index (χ1v) is 6.85. The standard InChI is InChI=1S/C15H22N2O/c1-4-11(3)17(5-2)15(18)13-6-7-14-12(10-13)8-9-16-14/h6-7,10-11,16H,4-5,8-9H2,1-3H3/t11-/m0/s1. The lowest BCUT2D eigenvalue weighted by atomic mass is 10.1. The molecular formula is C15H22N2O. The van der Waals surface area contributed by atoms with Crippen LogP contribution in [-0.2, 0) is 6.42 Å². The van der Waals surface area contributed by atoms with Crippen molar-refractivity contribution in [1.82, 2.24) is 4.90 Å². The minimum atomic E-state index is 0.154. The van der Waals surface area contributed by atoms with Crippen LogP contribution in [0.15, 0.2) is 18.2 Å². The van der Waals surface area contributed by atoms with E-state index in [1.54, 1.807) is 0 Å². The largest absolute Gasteiger partial charge is 0.384 e. The Balaban J connectivity index is 2.22. The highest BCUT2D eigenvalue weighted by Crippen LogP contribution is 2.24. The predicted molar refractivity (Wildman–Crippen MR) is 75.1 cm³/mol. The van der Waals surface area contributed by atoms with E-state index in [1.165, 1.54) is 11.3 Å². The van der Waals surface area contributed by atoms with Crippen LogP contribution >= 0.6 is 0 Å². The Morgan fingerprint density at radius 3 is 2.89 bits per heavy atom. The molecule has 3 nitrogen and oxygen atoms in total. The summed E-state index contributed by atoms with van der Waals surface area (Å²) >= 11 is 0. The van der Waals surface area contributed by atoms with Crippen molar-refractivity contribution in [3.63, 3.8) is 0 Å². The maximum absolute atomic E-state index is 12.5. The molecule has 3 heteroatoms. The molecule has 0 aromatic heterocycles. The molecule has 1 aromatic rings. The van der Waals surface area contributed by atoms with Crippen LogP contribution in [0.3, 0.4) is 0 Å². The molecule has 1 heterocycles. The van der Waals surface area contributed by atoms with Crippen molar-refractivity contribution in [2.24, 2.45) is 0 Å². The lowest BCUT2D eigenvalue weighted by Crippen LogP contribution is -2.38. The second-order valence-corrected chi connectivity index (χ2v) is 4.90. The summed E-state index contributed by atoms with van der Waals surface area (Å²) in [6.45, 7) is 8.02. The van der Waals surface area contributed by atoms with Crippen molar-refractivity contribution >= 4 is 11.6 Å². The lowest BCUT2D eigenvalue weighted by Gasteiger charge is -2.27. The molecule has 1 amide bonds.